The number of carbonyl (C=O) groups excluding carboxylic acids is 1. The Hall–Kier alpha value is -1.10. The zero-order valence-electron chi connectivity index (χ0n) is 12.2. The van der Waals surface area contributed by atoms with Crippen LogP contribution < -0.4 is 10.6 Å². The predicted molar refractivity (Wildman–Crippen MR) is 76.3 cm³/mol. The fourth-order valence-electron chi connectivity index (χ4n) is 3.11. The number of hydrogen-bond donors (Lipinski definition) is 3. The van der Waals surface area contributed by atoms with E-state index in [1.165, 1.54) is 12.8 Å². The van der Waals surface area contributed by atoms with E-state index in [2.05, 4.69) is 17.6 Å². The molecule has 2 rings (SSSR count). The van der Waals surface area contributed by atoms with Gasteiger partial charge >= 0.3 is 5.97 Å². The maximum atomic E-state index is 12.1. The average Bonchev–Trinajstić information content (AvgIpc) is 3.22. The Bertz CT molecular complexity index is 349. The summed E-state index contributed by atoms with van der Waals surface area (Å²) in [5.74, 6) is 0.482. The lowest BCUT2D eigenvalue weighted by Gasteiger charge is -2.28. The van der Waals surface area contributed by atoms with E-state index < -0.39 is 5.97 Å². The Labute approximate surface area is 120 Å². The van der Waals surface area contributed by atoms with E-state index in [-0.39, 0.29) is 18.4 Å². The van der Waals surface area contributed by atoms with Gasteiger partial charge < -0.3 is 15.7 Å². The van der Waals surface area contributed by atoms with Crippen molar-refractivity contribution in [2.24, 2.45) is 17.8 Å². The summed E-state index contributed by atoms with van der Waals surface area (Å²) in [4.78, 5) is 22.9. The number of amides is 1. The summed E-state index contributed by atoms with van der Waals surface area (Å²) in [7, 11) is 0. The molecule has 2 fully saturated rings. The van der Waals surface area contributed by atoms with E-state index in [4.69, 9.17) is 5.11 Å². The van der Waals surface area contributed by atoms with Crippen LogP contribution in [0.3, 0.4) is 0 Å². The second kappa shape index (κ2) is 7.07. The number of carbonyl (C=O) groups is 2. The zero-order valence-corrected chi connectivity index (χ0v) is 12.2. The second-order valence-electron chi connectivity index (χ2n) is 6.40. The molecule has 2 aliphatic rings. The van der Waals surface area contributed by atoms with Gasteiger partial charge in [-0.2, -0.15) is 0 Å². The van der Waals surface area contributed by atoms with Crippen molar-refractivity contribution in [1.82, 2.24) is 10.6 Å². The number of piperidine rings is 1. The first-order valence-corrected chi connectivity index (χ1v) is 7.78. The third-order valence-corrected chi connectivity index (χ3v) is 4.58. The van der Waals surface area contributed by atoms with Crippen LogP contribution in [0.25, 0.3) is 0 Å². The molecule has 5 nitrogen and oxygen atoms in total. The lowest BCUT2D eigenvalue weighted by atomic mass is 9.85. The van der Waals surface area contributed by atoms with Crippen molar-refractivity contribution in [3.8, 4) is 0 Å². The molecule has 1 heterocycles. The number of carboxylic acids is 1. The van der Waals surface area contributed by atoms with Crippen LogP contribution in [0, 0.1) is 17.8 Å². The lowest BCUT2D eigenvalue weighted by molar-refractivity contribution is -0.137. The first kappa shape index (κ1) is 15.3. The third kappa shape index (κ3) is 4.78. The fraction of sp³-hybridized carbons (Fsp3) is 0.867. The average molecular weight is 282 g/mol. The highest BCUT2D eigenvalue weighted by Crippen LogP contribution is 2.34. The van der Waals surface area contributed by atoms with Crippen molar-refractivity contribution in [3.63, 3.8) is 0 Å². The van der Waals surface area contributed by atoms with Crippen molar-refractivity contribution in [3.05, 3.63) is 0 Å². The van der Waals surface area contributed by atoms with Crippen LogP contribution in [0.1, 0.15) is 45.4 Å². The molecule has 0 spiro atoms. The first-order chi connectivity index (χ1) is 9.56. The molecule has 0 aromatic heterocycles. The number of hydrogen-bond acceptors (Lipinski definition) is 3. The summed E-state index contributed by atoms with van der Waals surface area (Å²) in [6.45, 7) is 4.20. The van der Waals surface area contributed by atoms with Gasteiger partial charge in [-0.3, -0.25) is 9.59 Å². The molecule has 1 saturated heterocycles. The van der Waals surface area contributed by atoms with E-state index in [1.54, 1.807) is 0 Å². The van der Waals surface area contributed by atoms with Crippen molar-refractivity contribution in [2.45, 2.75) is 51.5 Å². The number of nitrogens with one attached hydrogen (secondary N) is 2. The van der Waals surface area contributed by atoms with Gasteiger partial charge in [0, 0.05) is 12.5 Å². The molecular formula is C15H26N2O3. The van der Waals surface area contributed by atoms with E-state index in [9.17, 15) is 9.59 Å². The molecule has 114 valence electrons. The Morgan fingerprint density at radius 1 is 1.25 bits per heavy atom. The number of carboxylic acid groups (broad SMARTS) is 1. The maximum Gasteiger partial charge on any atom is 0.305 e. The molecule has 3 atom stereocenters. The van der Waals surface area contributed by atoms with E-state index in [0.29, 0.717) is 24.2 Å². The van der Waals surface area contributed by atoms with E-state index in [0.717, 1.165) is 25.9 Å². The minimum atomic E-state index is -0.827. The predicted octanol–water partition coefficient (Wildman–Crippen LogP) is 1.38. The van der Waals surface area contributed by atoms with Crippen molar-refractivity contribution >= 4 is 11.9 Å². The van der Waals surface area contributed by atoms with Gasteiger partial charge in [0.25, 0.3) is 0 Å². The quantitative estimate of drug-likeness (QED) is 0.659. The van der Waals surface area contributed by atoms with Crippen molar-refractivity contribution < 1.29 is 14.7 Å². The van der Waals surface area contributed by atoms with Crippen LogP contribution in [0.4, 0.5) is 0 Å². The van der Waals surface area contributed by atoms with Crippen LogP contribution >= 0.6 is 0 Å². The smallest absolute Gasteiger partial charge is 0.305 e. The summed E-state index contributed by atoms with van der Waals surface area (Å²) >= 11 is 0. The van der Waals surface area contributed by atoms with Crippen LogP contribution in [-0.2, 0) is 9.59 Å². The summed E-state index contributed by atoms with van der Waals surface area (Å²) in [5, 5.41) is 15.2. The molecule has 0 aromatic rings. The van der Waals surface area contributed by atoms with E-state index >= 15 is 0 Å². The van der Waals surface area contributed by atoms with Crippen LogP contribution in [-0.4, -0.2) is 36.1 Å². The molecule has 1 aliphatic heterocycles. The normalized spacial score (nSPS) is 25.8. The molecule has 0 bridgehead atoms. The van der Waals surface area contributed by atoms with Gasteiger partial charge in [0.2, 0.25) is 5.91 Å². The van der Waals surface area contributed by atoms with Crippen LogP contribution in [0.5, 0.6) is 0 Å². The standard InChI is InChI=1S/C15H26N2O3/c1-10(12-3-2-6-16-9-12)7-14(18)17-13(8-15(19)20)11-4-5-11/h10-13,16H,2-9H2,1H3,(H,17,18)(H,19,20). The van der Waals surface area contributed by atoms with Gasteiger partial charge in [-0.15, -0.1) is 0 Å². The van der Waals surface area contributed by atoms with E-state index in [1.807, 2.05) is 0 Å². The molecule has 0 aromatic carbocycles. The minimum Gasteiger partial charge on any atom is -0.481 e. The Morgan fingerprint density at radius 2 is 2.00 bits per heavy atom. The Kier molecular flexibility index (Phi) is 5.40. The Morgan fingerprint density at radius 3 is 2.55 bits per heavy atom. The molecular weight excluding hydrogens is 256 g/mol. The molecule has 3 N–H and O–H groups in total. The first-order valence-electron chi connectivity index (χ1n) is 7.78. The van der Waals surface area contributed by atoms with Gasteiger partial charge in [-0.05, 0) is 56.5 Å². The minimum absolute atomic E-state index is 0.0150. The Balaban J connectivity index is 1.76. The van der Waals surface area contributed by atoms with Crippen molar-refractivity contribution in [2.75, 3.05) is 13.1 Å². The molecule has 3 unspecified atom stereocenters. The number of rotatable bonds is 7. The topological polar surface area (TPSA) is 78.4 Å². The molecule has 1 aliphatic carbocycles. The molecule has 1 saturated carbocycles. The molecule has 0 radical (unpaired) electrons. The summed E-state index contributed by atoms with van der Waals surface area (Å²) in [5.41, 5.74) is 0. The third-order valence-electron chi connectivity index (χ3n) is 4.58. The summed E-state index contributed by atoms with van der Waals surface area (Å²) in [6.07, 6.45) is 5.01. The van der Waals surface area contributed by atoms with Crippen LogP contribution in [0.15, 0.2) is 0 Å². The second-order valence-corrected chi connectivity index (χ2v) is 6.40. The number of aliphatic carboxylic acids is 1. The summed E-state index contributed by atoms with van der Waals surface area (Å²) in [6, 6.07) is -0.170. The van der Waals surface area contributed by atoms with Gasteiger partial charge in [-0.1, -0.05) is 6.92 Å². The SMILES string of the molecule is CC(CC(=O)NC(CC(=O)O)C1CC1)C1CCCNC1. The fourth-order valence-corrected chi connectivity index (χ4v) is 3.11. The highest BCUT2D eigenvalue weighted by Gasteiger charge is 2.34. The molecule has 20 heavy (non-hydrogen) atoms. The zero-order chi connectivity index (χ0) is 14.5. The van der Waals surface area contributed by atoms with Crippen LogP contribution in [0.2, 0.25) is 0 Å². The van der Waals surface area contributed by atoms with Gasteiger partial charge in [0.15, 0.2) is 0 Å². The van der Waals surface area contributed by atoms with Crippen molar-refractivity contribution in [1.29, 1.82) is 0 Å². The van der Waals surface area contributed by atoms with Gasteiger partial charge in [0.05, 0.1) is 6.42 Å². The lowest BCUT2D eigenvalue weighted by Crippen LogP contribution is -2.40. The summed E-state index contributed by atoms with van der Waals surface area (Å²) < 4.78 is 0. The highest BCUT2D eigenvalue weighted by molar-refractivity contribution is 5.77. The van der Waals surface area contributed by atoms with Gasteiger partial charge in [0.1, 0.15) is 0 Å². The monoisotopic (exact) mass is 282 g/mol. The highest BCUT2D eigenvalue weighted by atomic mass is 16.4. The maximum absolute atomic E-state index is 12.1. The largest absolute Gasteiger partial charge is 0.481 e. The van der Waals surface area contributed by atoms with Gasteiger partial charge in [-0.25, -0.2) is 0 Å². The molecule has 1 amide bonds. The molecule has 5 heteroatoms.